The van der Waals surface area contributed by atoms with Crippen molar-refractivity contribution in [2.24, 2.45) is 5.73 Å². The van der Waals surface area contributed by atoms with Crippen molar-refractivity contribution < 1.29 is 9.47 Å². The smallest absolute Gasteiger partial charge is 0.165 e. The van der Waals surface area contributed by atoms with Crippen molar-refractivity contribution in [2.45, 2.75) is 44.8 Å². The Morgan fingerprint density at radius 2 is 2.26 bits per heavy atom. The Labute approximate surface area is 115 Å². The van der Waals surface area contributed by atoms with Crippen LogP contribution in [0, 0.1) is 0 Å². The molecule has 3 heteroatoms. The molecule has 0 aliphatic heterocycles. The van der Waals surface area contributed by atoms with Gasteiger partial charge in [-0.15, -0.1) is 0 Å². The molecule has 0 spiro atoms. The van der Waals surface area contributed by atoms with Crippen LogP contribution >= 0.6 is 0 Å². The summed E-state index contributed by atoms with van der Waals surface area (Å²) in [5.41, 5.74) is 7.03. The van der Waals surface area contributed by atoms with Crippen molar-refractivity contribution in [3.63, 3.8) is 0 Å². The molecular weight excluding hydrogens is 238 g/mol. The first-order chi connectivity index (χ1) is 9.20. The van der Waals surface area contributed by atoms with Crippen molar-refractivity contribution >= 4 is 0 Å². The average molecular weight is 261 g/mol. The highest BCUT2D eigenvalue weighted by molar-refractivity contribution is 5.47. The fraction of sp³-hybridized carbons (Fsp3) is 0.500. The Morgan fingerprint density at radius 3 is 2.89 bits per heavy atom. The number of nitrogens with two attached hydrogens (primary N) is 1. The molecular formula is C16H23NO2. The van der Waals surface area contributed by atoms with Crippen LogP contribution in [0.4, 0.5) is 0 Å². The van der Waals surface area contributed by atoms with Crippen LogP contribution in [0.5, 0.6) is 11.5 Å². The number of benzene rings is 1. The number of para-hydroxylation sites is 1. The molecule has 2 rings (SSSR count). The largest absolute Gasteiger partial charge is 0.493 e. The van der Waals surface area contributed by atoms with Crippen molar-refractivity contribution in [1.82, 2.24) is 0 Å². The molecule has 0 amide bonds. The molecule has 104 valence electrons. The maximum absolute atomic E-state index is 6.14. The lowest BCUT2D eigenvalue weighted by Gasteiger charge is -2.22. The fourth-order valence-electron chi connectivity index (χ4n) is 2.39. The third kappa shape index (κ3) is 3.74. The maximum Gasteiger partial charge on any atom is 0.165 e. The van der Waals surface area contributed by atoms with E-state index in [9.17, 15) is 0 Å². The van der Waals surface area contributed by atoms with E-state index in [1.54, 1.807) is 7.11 Å². The quantitative estimate of drug-likeness (QED) is 0.828. The van der Waals surface area contributed by atoms with E-state index in [1.807, 2.05) is 19.1 Å². The lowest BCUT2D eigenvalue weighted by Crippen LogP contribution is -2.21. The molecule has 3 nitrogen and oxygen atoms in total. The minimum Gasteiger partial charge on any atom is -0.493 e. The molecule has 2 atom stereocenters. The molecule has 2 N–H and O–H groups in total. The Hall–Kier alpha value is -1.48. The van der Waals surface area contributed by atoms with Gasteiger partial charge in [0.25, 0.3) is 0 Å². The van der Waals surface area contributed by atoms with E-state index in [1.165, 1.54) is 6.42 Å². The second kappa shape index (κ2) is 6.62. The molecule has 19 heavy (non-hydrogen) atoms. The highest BCUT2D eigenvalue weighted by Crippen LogP contribution is 2.34. The summed E-state index contributed by atoms with van der Waals surface area (Å²) < 4.78 is 11.6. The van der Waals surface area contributed by atoms with E-state index in [2.05, 4.69) is 18.2 Å². The number of rotatable bonds is 5. The predicted octanol–water partition coefficient (Wildman–Crippen LogP) is 3.07. The zero-order valence-electron chi connectivity index (χ0n) is 11.8. The summed E-state index contributed by atoms with van der Waals surface area (Å²) in [5.74, 6) is 1.64. The molecule has 0 saturated carbocycles. The summed E-state index contributed by atoms with van der Waals surface area (Å²) in [6.45, 7) is 2.00. The van der Waals surface area contributed by atoms with Gasteiger partial charge in [-0.2, -0.15) is 0 Å². The first kappa shape index (κ1) is 13.9. The third-order valence-corrected chi connectivity index (χ3v) is 3.30. The first-order valence-corrected chi connectivity index (χ1v) is 6.95. The van der Waals surface area contributed by atoms with Crippen molar-refractivity contribution in [3.8, 4) is 11.5 Å². The molecule has 0 aromatic heterocycles. The Balaban J connectivity index is 2.24. The van der Waals surface area contributed by atoms with Crippen LogP contribution in [-0.4, -0.2) is 19.3 Å². The van der Waals surface area contributed by atoms with E-state index in [4.69, 9.17) is 15.2 Å². The molecule has 0 fully saturated rings. The van der Waals surface area contributed by atoms with Crippen molar-refractivity contribution in [1.29, 1.82) is 0 Å². The average Bonchev–Trinajstić information content (AvgIpc) is 2.41. The van der Waals surface area contributed by atoms with E-state index in [0.717, 1.165) is 36.3 Å². The molecule has 2 unspecified atom stereocenters. The summed E-state index contributed by atoms with van der Waals surface area (Å²) in [6.07, 6.45) is 8.67. The Bertz CT molecular complexity index is 440. The van der Waals surface area contributed by atoms with Crippen LogP contribution < -0.4 is 15.2 Å². The standard InChI is InChI=1S/C16H23NO2/c1-12(17)11-13-7-6-10-15(18-2)16(13)19-14-8-4-3-5-9-14/h4,6-8,10,12,14H,3,5,9,11,17H2,1-2H3. The third-order valence-electron chi connectivity index (χ3n) is 3.30. The predicted molar refractivity (Wildman–Crippen MR) is 77.8 cm³/mol. The van der Waals surface area contributed by atoms with Gasteiger partial charge in [-0.25, -0.2) is 0 Å². The second-order valence-electron chi connectivity index (χ2n) is 5.15. The van der Waals surface area contributed by atoms with Crippen LogP contribution in [0.2, 0.25) is 0 Å². The molecule has 1 aromatic carbocycles. The van der Waals surface area contributed by atoms with Gasteiger partial charge in [0.2, 0.25) is 0 Å². The number of ether oxygens (including phenoxy) is 2. The second-order valence-corrected chi connectivity index (χ2v) is 5.15. The lowest BCUT2D eigenvalue weighted by molar-refractivity contribution is 0.217. The zero-order chi connectivity index (χ0) is 13.7. The van der Waals surface area contributed by atoms with Crippen LogP contribution in [0.15, 0.2) is 30.4 Å². The number of methoxy groups -OCH3 is 1. The lowest BCUT2D eigenvalue weighted by atomic mass is 10.0. The summed E-state index contributed by atoms with van der Waals surface area (Å²) >= 11 is 0. The van der Waals surface area contributed by atoms with E-state index >= 15 is 0 Å². The van der Waals surface area contributed by atoms with Gasteiger partial charge < -0.3 is 15.2 Å². The minimum atomic E-state index is 0.108. The summed E-state index contributed by atoms with van der Waals surface area (Å²) in [5, 5.41) is 0. The first-order valence-electron chi connectivity index (χ1n) is 6.95. The molecule has 1 aromatic rings. The van der Waals surface area contributed by atoms with Crippen molar-refractivity contribution in [3.05, 3.63) is 35.9 Å². The summed E-state index contributed by atoms with van der Waals surface area (Å²) in [6, 6.07) is 6.09. The van der Waals surface area contributed by atoms with E-state index < -0.39 is 0 Å². The SMILES string of the molecule is COc1cccc(CC(C)N)c1OC1C=CCCC1. The maximum atomic E-state index is 6.14. The number of hydrogen-bond donors (Lipinski definition) is 1. The van der Waals surface area contributed by atoms with Gasteiger partial charge in [-0.1, -0.05) is 18.2 Å². The van der Waals surface area contributed by atoms with Crippen LogP contribution in [-0.2, 0) is 6.42 Å². The highest BCUT2D eigenvalue weighted by Gasteiger charge is 2.17. The fourth-order valence-corrected chi connectivity index (χ4v) is 2.39. The monoisotopic (exact) mass is 261 g/mol. The number of hydrogen-bond acceptors (Lipinski definition) is 3. The van der Waals surface area contributed by atoms with Crippen LogP contribution in [0.25, 0.3) is 0 Å². The van der Waals surface area contributed by atoms with E-state index in [0.29, 0.717) is 0 Å². The van der Waals surface area contributed by atoms with E-state index in [-0.39, 0.29) is 12.1 Å². The van der Waals surface area contributed by atoms with Gasteiger partial charge in [-0.05, 0) is 50.3 Å². The molecule has 0 saturated heterocycles. The minimum absolute atomic E-state index is 0.108. The Kier molecular flexibility index (Phi) is 4.86. The van der Waals surface area contributed by atoms with Gasteiger partial charge >= 0.3 is 0 Å². The molecule has 0 radical (unpaired) electrons. The Morgan fingerprint density at radius 1 is 1.42 bits per heavy atom. The van der Waals surface area contributed by atoms with Crippen LogP contribution in [0.1, 0.15) is 31.7 Å². The zero-order valence-corrected chi connectivity index (χ0v) is 11.8. The molecule has 0 bridgehead atoms. The van der Waals surface area contributed by atoms with Gasteiger partial charge in [-0.3, -0.25) is 0 Å². The topological polar surface area (TPSA) is 44.5 Å². The number of allylic oxidation sites excluding steroid dienone is 1. The normalized spacial score (nSPS) is 20.1. The molecule has 1 aliphatic carbocycles. The summed E-state index contributed by atoms with van der Waals surface area (Å²) in [7, 11) is 1.68. The highest BCUT2D eigenvalue weighted by atomic mass is 16.5. The molecule has 1 aliphatic rings. The van der Waals surface area contributed by atoms with Gasteiger partial charge in [0.15, 0.2) is 11.5 Å². The van der Waals surface area contributed by atoms with Gasteiger partial charge in [0.1, 0.15) is 6.10 Å². The van der Waals surface area contributed by atoms with Gasteiger partial charge in [0, 0.05) is 6.04 Å². The van der Waals surface area contributed by atoms with Crippen LogP contribution in [0.3, 0.4) is 0 Å². The van der Waals surface area contributed by atoms with Crippen molar-refractivity contribution in [2.75, 3.05) is 7.11 Å². The molecule has 0 heterocycles. The van der Waals surface area contributed by atoms with Gasteiger partial charge in [0.05, 0.1) is 7.11 Å². The summed E-state index contributed by atoms with van der Waals surface area (Å²) in [4.78, 5) is 0.